The Morgan fingerprint density at radius 3 is 1.87 bits per heavy atom. The number of esters is 2. The van der Waals surface area contributed by atoms with Gasteiger partial charge in [-0.1, -0.05) is 59.7 Å². The van der Waals surface area contributed by atoms with Gasteiger partial charge in [0.1, 0.15) is 34.3 Å². The van der Waals surface area contributed by atoms with Gasteiger partial charge in [0.2, 0.25) is 23.6 Å². The highest BCUT2D eigenvalue weighted by atomic mass is 16.7. The number of aromatic hydroxyl groups is 3. The van der Waals surface area contributed by atoms with Gasteiger partial charge in [0.05, 0.1) is 6.10 Å². The molecule has 0 amide bonds. The van der Waals surface area contributed by atoms with Crippen LogP contribution in [0.1, 0.15) is 29.2 Å². The molecule has 5 atom stereocenters. The van der Waals surface area contributed by atoms with Crippen molar-refractivity contribution >= 4 is 35.1 Å². The number of carbonyl (C=O) groups excluding carboxylic acids is 2. The number of carbonyl (C=O) groups is 2. The summed E-state index contributed by atoms with van der Waals surface area (Å²) in [5, 5.41) is 42.0. The Labute approximate surface area is 303 Å². The lowest BCUT2D eigenvalue weighted by Crippen LogP contribution is -2.61. The highest BCUT2D eigenvalue weighted by molar-refractivity contribution is 5.89. The number of hydrogen-bond acceptors (Lipinski definition) is 12. The molecule has 0 unspecified atom stereocenters. The largest absolute Gasteiger partial charge is 0.508 e. The van der Waals surface area contributed by atoms with Crippen LogP contribution in [0.15, 0.2) is 106 Å². The van der Waals surface area contributed by atoms with Crippen LogP contribution in [-0.2, 0) is 23.8 Å². The van der Waals surface area contributed by atoms with Crippen molar-refractivity contribution in [3.8, 4) is 34.3 Å². The lowest BCUT2D eigenvalue weighted by Gasteiger charge is -2.42. The molecule has 2 heterocycles. The van der Waals surface area contributed by atoms with E-state index in [2.05, 4.69) is 0 Å². The lowest BCUT2D eigenvalue weighted by molar-refractivity contribution is -0.275. The molecule has 1 aliphatic rings. The zero-order valence-corrected chi connectivity index (χ0v) is 28.8. The molecule has 12 nitrogen and oxygen atoms in total. The molecule has 0 saturated carbocycles. The first kappa shape index (κ1) is 36.4. The van der Waals surface area contributed by atoms with Crippen molar-refractivity contribution in [2.24, 2.45) is 0 Å². The van der Waals surface area contributed by atoms with Crippen molar-refractivity contribution in [1.29, 1.82) is 0 Å². The second-order valence-corrected chi connectivity index (χ2v) is 12.6. The smallest absolute Gasteiger partial charge is 0.331 e. The molecule has 1 fully saturated rings. The monoisotopic (exact) mass is 720 g/mol. The minimum Gasteiger partial charge on any atom is -0.508 e. The maximum Gasteiger partial charge on any atom is 0.331 e. The summed E-state index contributed by atoms with van der Waals surface area (Å²) in [5.74, 6) is -3.50. The zero-order chi connectivity index (χ0) is 37.8. The number of aliphatic hydroxyl groups excluding tert-OH is 1. The van der Waals surface area contributed by atoms with Crippen LogP contribution in [0.4, 0.5) is 0 Å². The molecule has 12 heteroatoms. The van der Waals surface area contributed by atoms with Gasteiger partial charge in [0.15, 0.2) is 11.9 Å². The summed E-state index contributed by atoms with van der Waals surface area (Å²) in [7, 11) is 0. The van der Waals surface area contributed by atoms with Crippen LogP contribution in [0.5, 0.6) is 23.0 Å². The highest BCUT2D eigenvalue weighted by Gasteiger charge is 2.49. The minimum atomic E-state index is -1.55. The summed E-state index contributed by atoms with van der Waals surface area (Å²) in [5.41, 5.74) is 2.65. The average molecular weight is 721 g/mol. The molecule has 1 aromatic heterocycles. The number of phenols is 2. The standard InChI is InChI=1S/C41H36O12/c1-22-4-8-25(9-5-22)12-18-32(44)52-39-35(46)24(3)49-41(40(39)53-33(45)19-13-26-10-6-23(2)7-11-26)50-29-20-30(43)34-31(21-29)51-38(37(48)36(34)47)27-14-16-28(42)17-15-27/h4-21,24,35,39-43,46,48H,1-3H3/t24-,35-,39+,40+,41-/m0/s1. The molecule has 4 aromatic carbocycles. The molecule has 1 aliphatic heterocycles. The lowest BCUT2D eigenvalue weighted by atomic mass is 9.99. The highest BCUT2D eigenvalue weighted by Crippen LogP contribution is 2.37. The van der Waals surface area contributed by atoms with Gasteiger partial charge < -0.3 is 43.8 Å². The first-order valence-electron chi connectivity index (χ1n) is 16.6. The number of fused-ring (bicyclic) bond motifs is 1. The van der Waals surface area contributed by atoms with Crippen molar-refractivity contribution in [1.82, 2.24) is 0 Å². The Hall–Kier alpha value is -6.37. The minimum absolute atomic E-state index is 0.0521. The van der Waals surface area contributed by atoms with E-state index >= 15 is 0 Å². The summed E-state index contributed by atoms with van der Waals surface area (Å²) in [6, 6.07) is 22.6. The van der Waals surface area contributed by atoms with Crippen LogP contribution >= 0.6 is 0 Å². The SMILES string of the molecule is Cc1ccc(C=CC(=O)O[C@@H]2[C@@H](O)[C@H](C)O[C@@H](Oc3cc(O)c4c(=O)c(O)c(-c5ccc(O)cc5)oc4c3)[C@@H]2OC(=O)C=Cc2ccc(C)cc2)cc1. The maximum atomic E-state index is 13.2. The molecule has 272 valence electrons. The van der Waals surface area contributed by atoms with Gasteiger partial charge in [0.25, 0.3) is 0 Å². The third kappa shape index (κ3) is 8.41. The number of rotatable bonds is 9. The van der Waals surface area contributed by atoms with Gasteiger partial charge in [-0.15, -0.1) is 0 Å². The van der Waals surface area contributed by atoms with Crippen LogP contribution in [0.3, 0.4) is 0 Å². The molecule has 0 radical (unpaired) electrons. The normalized spacial score (nSPS) is 20.1. The third-order valence-electron chi connectivity index (χ3n) is 8.55. The van der Waals surface area contributed by atoms with Crippen LogP contribution < -0.4 is 10.2 Å². The number of ether oxygens (including phenoxy) is 4. The first-order valence-corrected chi connectivity index (χ1v) is 16.6. The van der Waals surface area contributed by atoms with E-state index in [9.17, 15) is 34.8 Å². The molecule has 0 aliphatic carbocycles. The molecular weight excluding hydrogens is 684 g/mol. The molecule has 0 spiro atoms. The molecule has 1 saturated heterocycles. The number of hydrogen-bond donors (Lipinski definition) is 4. The summed E-state index contributed by atoms with van der Waals surface area (Å²) in [4.78, 5) is 39.4. The Morgan fingerprint density at radius 1 is 0.755 bits per heavy atom. The second-order valence-electron chi connectivity index (χ2n) is 12.6. The number of aliphatic hydroxyl groups is 1. The van der Waals surface area contributed by atoms with E-state index < -0.39 is 59.6 Å². The van der Waals surface area contributed by atoms with Crippen molar-refractivity contribution in [3.63, 3.8) is 0 Å². The molecule has 5 aromatic rings. The summed E-state index contributed by atoms with van der Waals surface area (Å²) < 4.78 is 29.3. The Balaban J connectivity index is 1.33. The number of benzene rings is 4. The summed E-state index contributed by atoms with van der Waals surface area (Å²) in [6.45, 7) is 5.36. The van der Waals surface area contributed by atoms with Crippen molar-refractivity contribution in [2.75, 3.05) is 0 Å². The van der Waals surface area contributed by atoms with Crippen molar-refractivity contribution in [3.05, 3.63) is 130 Å². The van der Waals surface area contributed by atoms with E-state index in [1.54, 1.807) is 0 Å². The van der Waals surface area contributed by atoms with Gasteiger partial charge in [-0.2, -0.15) is 0 Å². The van der Waals surface area contributed by atoms with Gasteiger partial charge in [-0.25, -0.2) is 9.59 Å². The molecule has 0 bridgehead atoms. The quantitative estimate of drug-likeness (QED) is 0.104. The van der Waals surface area contributed by atoms with Crippen LogP contribution in [0.2, 0.25) is 0 Å². The van der Waals surface area contributed by atoms with Crippen LogP contribution in [0.25, 0.3) is 34.4 Å². The average Bonchev–Trinajstić information content (AvgIpc) is 3.13. The fraction of sp³-hybridized carbons (Fsp3) is 0.195. The summed E-state index contributed by atoms with van der Waals surface area (Å²) >= 11 is 0. The zero-order valence-electron chi connectivity index (χ0n) is 28.8. The maximum absolute atomic E-state index is 13.2. The van der Waals surface area contributed by atoms with Gasteiger partial charge in [-0.05, 0) is 68.3 Å². The van der Waals surface area contributed by atoms with Gasteiger partial charge in [0, 0.05) is 29.8 Å². The predicted molar refractivity (Wildman–Crippen MR) is 194 cm³/mol. The first-order chi connectivity index (χ1) is 25.4. The second kappa shape index (κ2) is 15.5. The topological polar surface area (TPSA) is 182 Å². The van der Waals surface area contributed by atoms with Gasteiger partial charge >= 0.3 is 11.9 Å². The van der Waals surface area contributed by atoms with E-state index in [1.165, 1.54) is 55.5 Å². The molecule has 6 rings (SSSR count). The summed E-state index contributed by atoms with van der Waals surface area (Å²) in [6.07, 6.45) is -1.65. The van der Waals surface area contributed by atoms with Crippen molar-refractivity contribution < 1.29 is 53.4 Å². The number of phenolic OH excluding ortho intramolecular Hbond substituents is 2. The van der Waals surface area contributed by atoms with Crippen LogP contribution in [-0.4, -0.2) is 63.1 Å². The fourth-order valence-corrected chi connectivity index (χ4v) is 5.65. The van der Waals surface area contributed by atoms with Crippen molar-refractivity contribution in [2.45, 2.75) is 51.5 Å². The van der Waals surface area contributed by atoms with Crippen LogP contribution in [0, 0.1) is 13.8 Å². The van der Waals surface area contributed by atoms with E-state index in [4.69, 9.17) is 23.4 Å². The van der Waals surface area contributed by atoms with E-state index in [-0.39, 0.29) is 33.8 Å². The molecule has 53 heavy (non-hydrogen) atoms. The fourth-order valence-electron chi connectivity index (χ4n) is 5.65. The van der Waals surface area contributed by atoms with Gasteiger partial charge in [-0.3, -0.25) is 4.79 Å². The third-order valence-corrected chi connectivity index (χ3v) is 8.55. The Kier molecular flexibility index (Phi) is 10.6. The molecular formula is C41H36O12. The van der Waals surface area contributed by atoms with E-state index in [1.807, 2.05) is 62.4 Å². The Morgan fingerprint density at radius 2 is 1.30 bits per heavy atom. The van der Waals surface area contributed by atoms with E-state index in [0.717, 1.165) is 28.8 Å². The number of aryl methyl sites for hydroxylation is 2. The molecule has 4 N–H and O–H groups in total. The predicted octanol–water partition coefficient (Wildman–Crippen LogP) is 5.93. The van der Waals surface area contributed by atoms with E-state index in [0.29, 0.717) is 5.56 Å². The Bertz CT molecular complexity index is 2240.